The number of nitriles is 1. The fourth-order valence-corrected chi connectivity index (χ4v) is 2.56. The van der Waals surface area contributed by atoms with Gasteiger partial charge in [-0.15, -0.1) is 0 Å². The van der Waals surface area contributed by atoms with Crippen molar-refractivity contribution in [3.63, 3.8) is 0 Å². The van der Waals surface area contributed by atoms with Gasteiger partial charge in [0, 0.05) is 30.9 Å². The third-order valence-corrected chi connectivity index (χ3v) is 3.98. The van der Waals surface area contributed by atoms with Crippen LogP contribution in [0.15, 0.2) is 18.2 Å². The molecule has 1 aromatic carbocycles. The van der Waals surface area contributed by atoms with Crippen LogP contribution in [0.2, 0.25) is 0 Å². The highest BCUT2D eigenvalue weighted by Gasteiger charge is 2.34. The van der Waals surface area contributed by atoms with Gasteiger partial charge in [0.1, 0.15) is 11.6 Å². The number of nitrogens with zero attached hydrogens (tertiary/aromatic N) is 3. The molecule has 1 aliphatic rings. The van der Waals surface area contributed by atoms with Crippen molar-refractivity contribution in [2.75, 3.05) is 18.0 Å². The van der Waals surface area contributed by atoms with Crippen LogP contribution in [-0.2, 0) is 0 Å². The van der Waals surface area contributed by atoms with E-state index < -0.39 is 4.92 Å². The zero-order valence-electron chi connectivity index (χ0n) is 11.7. The molecular weight excluding hydrogens is 256 g/mol. The molecule has 0 spiro atoms. The first-order valence-corrected chi connectivity index (χ1v) is 6.54. The van der Waals surface area contributed by atoms with E-state index in [-0.39, 0.29) is 22.7 Å². The van der Waals surface area contributed by atoms with Gasteiger partial charge in [-0.05, 0) is 24.0 Å². The van der Waals surface area contributed by atoms with Crippen molar-refractivity contribution < 1.29 is 4.92 Å². The van der Waals surface area contributed by atoms with Gasteiger partial charge < -0.3 is 10.6 Å². The van der Waals surface area contributed by atoms with Crippen molar-refractivity contribution in [2.45, 2.75) is 26.3 Å². The van der Waals surface area contributed by atoms with Gasteiger partial charge in [0.2, 0.25) is 0 Å². The molecule has 6 heteroatoms. The maximum Gasteiger partial charge on any atom is 0.289 e. The lowest BCUT2D eigenvalue weighted by Crippen LogP contribution is -2.52. The van der Waals surface area contributed by atoms with Crippen LogP contribution in [0, 0.1) is 26.9 Å². The fraction of sp³-hybridized carbons (Fsp3) is 0.500. The van der Waals surface area contributed by atoms with Crippen molar-refractivity contribution in [1.29, 1.82) is 5.26 Å². The summed E-state index contributed by atoms with van der Waals surface area (Å²) in [4.78, 5) is 12.6. The summed E-state index contributed by atoms with van der Waals surface area (Å²) in [5.74, 6) is 0. The number of nitro groups is 1. The molecule has 1 fully saturated rings. The maximum atomic E-state index is 11.0. The molecule has 1 atom stereocenters. The van der Waals surface area contributed by atoms with Crippen LogP contribution in [0.1, 0.15) is 25.8 Å². The standard InChI is InChI=1S/C14H18N4O2/c1-14(2)9-17(6-5-13(14)16)11-4-3-10(8-15)12(7-11)18(19)20/h3-4,7,13H,5-6,9,16H2,1-2H3. The Morgan fingerprint density at radius 3 is 2.80 bits per heavy atom. The molecule has 1 aliphatic heterocycles. The Kier molecular flexibility index (Phi) is 3.64. The highest BCUT2D eigenvalue weighted by molar-refractivity contribution is 5.60. The third kappa shape index (κ3) is 2.58. The molecule has 0 radical (unpaired) electrons. The molecule has 1 saturated heterocycles. The van der Waals surface area contributed by atoms with Crippen molar-refractivity contribution in [2.24, 2.45) is 11.1 Å². The molecule has 20 heavy (non-hydrogen) atoms. The van der Waals surface area contributed by atoms with Gasteiger partial charge in [0.25, 0.3) is 5.69 Å². The monoisotopic (exact) mass is 274 g/mol. The van der Waals surface area contributed by atoms with Gasteiger partial charge in [-0.3, -0.25) is 10.1 Å². The van der Waals surface area contributed by atoms with E-state index >= 15 is 0 Å². The smallest absolute Gasteiger partial charge is 0.289 e. The van der Waals surface area contributed by atoms with Crippen molar-refractivity contribution in [1.82, 2.24) is 0 Å². The summed E-state index contributed by atoms with van der Waals surface area (Å²) in [5, 5.41) is 19.9. The van der Waals surface area contributed by atoms with Gasteiger partial charge in [0.05, 0.1) is 4.92 Å². The van der Waals surface area contributed by atoms with Crippen LogP contribution in [0.5, 0.6) is 0 Å². The number of nitrogens with two attached hydrogens (primary N) is 1. The summed E-state index contributed by atoms with van der Waals surface area (Å²) in [5.41, 5.74) is 6.78. The van der Waals surface area contributed by atoms with Crippen LogP contribution < -0.4 is 10.6 Å². The topological polar surface area (TPSA) is 96.2 Å². The number of hydrogen-bond donors (Lipinski definition) is 1. The minimum absolute atomic E-state index is 0.0407. The number of hydrogen-bond acceptors (Lipinski definition) is 5. The summed E-state index contributed by atoms with van der Waals surface area (Å²) in [6.45, 7) is 5.72. The molecular formula is C14H18N4O2. The molecule has 2 N–H and O–H groups in total. The van der Waals surface area contributed by atoms with E-state index in [9.17, 15) is 10.1 Å². The first-order valence-electron chi connectivity index (χ1n) is 6.54. The van der Waals surface area contributed by atoms with Crippen LogP contribution >= 0.6 is 0 Å². The van der Waals surface area contributed by atoms with Gasteiger partial charge in [0.15, 0.2) is 0 Å². The number of benzene rings is 1. The average molecular weight is 274 g/mol. The molecule has 1 aromatic rings. The molecule has 2 rings (SSSR count). The second-order valence-corrected chi connectivity index (χ2v) is 5.88. The largest absolute Gasteiger partial charge is 0.371 e. The first-order chi connectivity index (χ1) is 9.35. The number of nitro benzene ring substituents is 1. The van der Waals surface area contributed by atoms with Crippen molar-refractivity contribution >= 4 is 11.4 Å². The van der Waals surface area contributed by atoms with E-state index in [0.717, 1.165) is 25.2 Å². The minimum Gasteiger partial charge on any atom is -0.371 e. The summed E-state index contributed by atoms with van der Waals surface area (Å²) >= 11 is 0. The van der Waals surface area contributed by atoms with E-state index in [1.165, 1.54) is 12.1 Å². The SMILES string of the molecule is CC1(C)CN(c2ccc(C#N)c([N+](=O)[O-])c2)CCC1N. The number of rotatable bonds is 2. The predicted octanol–water partition coefficient (Wildman–Crippen LogP) is 2.03. The molecule has 1 unspecified atom stereocenters. The Morgan fingerprint density at radius 1 is 1.55 bits per heavy atom. The predicted molar refractivity (Wildman–Crippen MR) is 76.4 cm³/mol. The Balaban J connectivity index is 2.33. The molecule has 6 nitrogen and oxygen atoms in total. The molecule has 0 aromatic heterocycles. The highest BCUT2D eigenvalue weighted by Crippen LogP contribution is 2.33. The Morgan fingerprint density at radius 2 is 2.25 bits per heavy atom. The summed E-state index contributed by atoms with van der Waals surface area (Å²) in [6.07, 6.45) is 0.848. The van der Waals surface area contributed by atoms with Gasteiger partial charge in [-0.2, -0.15) is 5.26 Å². The Labute approximate surface area is 117 Å². The van der Waals surface area contributed by atoms with Gasteiger partial charge in [-0.1, -0.05) is 13.8 Å². The second-order valence-electron chi connectivity index (χ2n) is 5.88. The Bertz CT molecular complexity index is 577. The summed E-state index contributed by atoms with van der Waals surface area (Å²) < 4.78 is 0. The highest BCUT2D eigenvalue weighted by atomic mass is 16.6. The van der Waals surface area contributed by atoms with Gasteiger partial charge in [-0.25, -0.2) is 0 Å². The molecule has 0 amide bonds. The molecule has 0 aliphatic carbocycles. The lowest BCUT2D eigenvalue weighted by molar-refractivity contribution is -0.385. The van der Waals surface area contributed by atoms with E-state index in [2.05, 4.69) is 18.7 Å². The summed E-state index contributed by atoms with van der Waals surface area (Å²) in [7, 11) is 0. The van der Waals surface area contributed by atoms with Crippen LogP contribution in [0.25, 0.3) is 0 Å². The zero-order chi connectivity index (χ0) is 14.9. The molecule has 0 bridgehead atoms. The molecule has 0 saturated carbocycles. The average Bonchev–Trinajstić information content (AvgIpc) is 2.41. The lowest BCUT2D eigenvalue weighted by Gasteiger charge is -2.43. The lowest BCUT2D eigenvalue weighted by atomic mass is 9.79. The zero-order valence-corrected chi connectivity index (χ0v) is 11.7. The van der Waals surface area contributed by atoms with Crippen LogP contribution in [0.4, 0.5) is 11.4 Å². The van der Waals surface area contributed by atoms with E-state index in [4.69, 9.17) is 11.0 Å². The maximum absolute atomic E-state index is 11.0. The quantitative estimate of drug-likeness (QED) is 0.657. The molecule has 106 valence electrons. The second kappa shape index (κ2) is 5.10. The first kappa shape index (κ1) is 14.3. The Hall–Kier alpha value is -2.13. The molecule has 1 heterocycles. The number of piperidine rings is 1. The number of anilines is 1. The normalized spacial score (nSPS) is 21.3. The van der Waals surface area contributed by atoms with Crippen LogP contribution in [0.3, 0.4) is 0 Å². The summed E-state index contributed by atoms with van der Waals surface area (Å²) in [6, 6.07) is 6.73. The van der Waals surface area contributed by atoms with E-state index in [1.54, 1.807) is 6.07 Å². The minimum atomic E-state index is -0.511. The van der Waals surface area contributed by atoms with E-state index in [1.807, 2.05) is 6.07 Å². The fourth-order valence-electron chi connectivity index (χ4n) is 2.56. The van der Waals surface area contributed by atoms with Gasteiger partial charge >= 0.3 is 0 Å². The van der Waals surface area contributed by atoms with E-state index in [0.29, 0.717) is 0 Å². The third-order valence-electron chi connectivity index (χ3n) is 3.98. The van der Waals surface area contributed by atoms with Crippen LogP contribution in [-0.4, -0.2) is 24.1 Å². The van der Waals surface area contributed by atoms with Crippen molar-refractivity contribution in [3.05, 3.63) is 33.9 Å². The van der Waals surface area contributed by atoms with Crippen molar-refractivity contribution in [3.8, 4) is 6.07 Å².